The van der Waals surface area contributed by atoms with Crippen LogP contribution in [0.1, 0.15) is 52.1 Å². The first kappa shape index (κ1) is 24.7. The topological polar surface area (TPSA) is 52.9 Å². The van der Waals surface area contributed by atoms with Crippen LogP contribution in [0.4, 0.5) is 14.6 Å². The van der Waals surface area contributed by atoms with Gasteiger partial charge in [-0.25, -0.2) is 4.98 Å². The van der Waals surface area contributed by atoms with Gasteiger partial charge in [0.05, 0.1) is 0 Å². The number of imidazole rings is 1. The van der Waals surface area contributed by atoms with Gasteiger partial charge in [-0.2, -0.15) is 8.78 Å². The number of halogens is 2. The first-order valence-electron chi connectivity index (χ1n) is 11.5. The molecule has 0 atom stereocenters. The van der Waals surface area contributed by atoms with Crippen molar-refractivity contribution in [3.63, 3.8) is 0 Å². The molecule has 2 heterocycles. The largest absolute Gasteiger partial charge is 0.370 e. The van der Waals surface area contributed by atoms with E-state index in [1.54, 1.807) is 10.5 Å². The maximum absolute atomic E-state index is 13.8. The molecule has 0 aromatic carbocycles. The summed E-state index contributed by atoms with van der Waals surface area (Å²) in [5, 5.41) is 3.18. The van der Waals surface area contributed by atoms with Crippen LogP contribution in [0, 0.1) is 0 Å². The van der Waals surface area contributed by atoms with Crippen molar-refractivity contribution >= 4 is 17.4 Å². The smallest absolute Gasteiger partial charge is 0.288 e. The summed E-state index contributed by atoms with van der Waals surface area (Å²) >= 11 is 0. The van der Waals surface area contributed by atoms with Gasteiger partial charge in [0.15, 0.2) is 0 Å². The summed E-state index contributed by atoms with van der Waals surface area (Å²) in [7, 11) is 3.89. The highest BCUT2D eigenvalue weighted by atomic mass is 19.3. The number of amides is 1. The van der Waals surface area contributed by atoms with E-state index in [0.717, 1.165) is 50.5 Å². The molecule has 0 bridgehead atoms. The molecule has 0 unspecified atom stereocenters. The third kappa shape index (κ3) is 5.72. The minimum absolute atomic E-state index is 0.0737. The highest BCUT2D eigenvalue weighted by Crippen LogP contribution is 2.30. The number of nitrogens with zero attached hydrogens (tertiary/aromatic N) is 4. The summed E-state index contributed by atoms with van der Waals surface area (Å²) in [6.45, 7) is 9.38. The van der Waals surface area contributed by atoms with Crippen LogP contribution in [-0.2, 0) is 10.7 Å². The number of hydrogen-bond donors (Lipinski definition) is 1. The predicted molar refractivity (Wildman–Crippen MR) is 129 cm³/mol. The number of nitrogens with one attached hydrogen (secondary N) is 1. The lowest BCUT2D eigenvalue weighted by atomic mass is 9.90. The molecule has 1 saturated carbocycles. The monoisotopic (exact) mass is 459 g/mol. The Balaban J connectivity index is 1.67. The number of likely N-dealkylation sites (N-methyl/N-ethyl adjacent to an activating group) is 1. The Labute approximate surface area is 195 Å². The second-order valence-corrected chi connectivity index (χ2v) is 9.11. The first-order chi connectivity index (χ1) is 15.5. The number of fused-ring (bicyclic) bond motifs is 1. The zero-order chi connectivity index (χ0) is 24.3. The summed E-state index contributed by atoms with van der Waals surface area (Å²) in [5.41, 5.74) is 1.74. The average Bonchev–Trinajstić information content (AvgIpc) is 3.22. The lowest BCUT2D eigenvalue weighted by Gasteiger charge is -2.36. The van der Waals surface area contributed by atoms with Gasteiger partial charge < -0.3 is 15.1 Å². The molecule has 1 aliphatic rings. The Morgan fingerprint density at radius 1 is 1.30 bits per heavy atom. The molecule has 2 aromatic rings. The Kier molecular flexibility index (Phi) is 7.44. The second-order valence-electron chi connectivity index (χ2n) is 9.11. The van der Waals surface area contributed by atoms with E-state index in [1.165, 1.54) is 6.20 Å². The van der Waals surface area contributed by atoms with Crippen LogP contribution in [0.5, 0.6) is 0 Å². The maximum Gasteiger partial charge on any atom is 0.288 e. The Hall–Kier alpha value is -2.90. The lowest BCUT2D eigenvalue weighted by molar-refractivity contribution is -0.119. The van der Waals surface area contributed by atoms with Gasteiger partial charge >= 0.3 is 0 Å². The number of hydrogen-bond acceptors (Lipinski definition) is 4. The zero-order valence-electron chi connectivity index (χ0n) is 20.2. The molecular formula is C25H35F2N5O. The SMILES string of the molecule is C=C(C)/C=C(/C(=O)NC1CCC(N(C)c2cccc3nc(C(C)(F)F)cn23)CC1)N(C)CC. The predicted octanol–water partition coefficient (Wildman–Crippen LogP) is 4.72. The average molecular weight is 460 g/mol. The van der Waals surface area contributed by atoms with E-state index in [-0.39, 0.29) is 23.7 Å². The van der Waals surface area contributed by atoms with E-state index in [2.05, 4.69) is 21.8 Å². The molecule has 1 aliphatic carbocycles. The van der Waals surface area contributed by atoms with E-state index in [9.17, 15) is 13.6 Å². The van der Waals surface area contributed by atoms with Crippen molar-refractivity contribution in [2.24, 2.45) is 0 Å². The maximum atomic E-state index is 13.8. The molecule has 33 heavy (non-hydrogen) atoms. The van der Waals surface area contributed by atoms with Crippen LogP contribution in [0.3, 0.4) is 0 Å². The Morgan fingerprint density at radius 3 is 2.55 bits per heavy atom. The third-order valence-electron chi connectivity index (χ3n) is 6.36. The molecule has 1 N–H and O–H groups in total. The Morgan fingerprint density at radius 2 is 1.97 bits per heavy atom. The van der Waals surface area contributed by atoms with Crippen molar-refractivity contribution in [2.75, 3.05) is 25.5 Å². The summed E-state index contributed by atoms with van der Waals surface area (Å²) in [6.07, 6.45) is 6.74. The number of anilines is 1. The van der Waals surface area contributed by atoms with Gasteiger partial charge in [0.2, 0.25) is 0 Å². The first-order valence-corrected chi connectivity index (χ1v) is 11.5. The van der Waals surface area contributed by atoms with Crippen molar-refractivity contribution in [1.82, 2.24) is 19.6 Å². The van der Waals surface area contributed by atoms with Crippen molar-refractivity contribution < 1.29 is 13.6 Å². The Bertz CT molecular complexity index is 1030. The van der Waals surface area contributed by atoms with E-state index in [4.69, 9.17) is 0 Å². The lowest BCUT2D eigenvalue weighted by Crippen LogP contribution is -2.45. The van der Waals surface area contributed by atoms with Crippen molar-refractivity contribution in [3.8, 4) is 0 Å². The van der Waals surface area contributed by atoms with Gasteiger partial charge in [0, 0.05) is 45.8 Å². The molecular weight excluding hydrogens is 424 g/mol. The van der Waals surface area contributed by atoms with Gasteiger partial charge in [0.25, 0.3) is 11.8 Å². The molecule has 180 valence electrons. The highest BCUT2D eigenvalue weighted by Gasteiger charge is 2.30. The van der Waals surface area contributed by atoms with Gasteiger partial charge in [-0.15, -0.1) is 0 Å². The van der Waals surface area contributed by atoms with Crippen molar-refractivity contribution in [1.29, 1.82) is 0 Å². The van der Waals surface area contributed by atoms with Crippen molar-refractivity contribution in [2.45, 2.75) is 64.5 Å². The molecule has 6 nitrogen and oxygen atoms in total. The molecule has 0 aliphatic heterocycles. The van der Waals surface area contributed by atoms with Gasteiger partial charge in [-0.1, -0.05) is 18.2 Å². The molecule has 0 saturated heterocycles. The highest BCUT2D eigenvalue weighted by molar-refractivity contribution is 5.93. The molecule has 1 amide bonds. The van der Waals surface area contributed by atoms with E-state index in [1.807, 2.05) is 51.1 Å². The number of carbonyl (C=O) groups excluding carboxylic acids is 1. The number of pyridine rings is 1. The van der Waals surface area contributed by atoms with Crippen LogP contribution >= 0.6 is 0 Å². The summed E-state index contributed by atoms with van der Waals surface area (Å²) < 4.78 is 29.3. The molecule has 3 rings (SSSR count). The number of carbonyl (C=O) groups is 1. The van der Waals surface area contributed by atoms with Crippen LogP contribution in [-0.4, -0.2) is 52.9 Å². The summed E-state index contributed by atoms with van der Waals surface area (Å²) in [4.78, 5) is 21.0. The number of alkyl halides is 2. The fourth-order valence-electron chi connectivity index (χ4n) is 4.30. The fourth-order valence-corrected chi connectivity index (χ4v) is 4.30. The van der Waals surface area contributed by atoms with Crippen LogP contribution in [0.25, 0.3) is 5.65 Å². The third-order valence-corrected chi connectivity index (χ3v) is 6.36. The fraction of sp³-hybridized carbons (Fsp3) is 0.520. The summed E-state index contributed by atoms with van der Waals surface area (Å²) in [5.74, 6) is -2.23. The molecule has 0 spiro atoms. The minimum Gasteiger partial charge on any atom is -0.370 e. The van der Waals surface area contributed by atoms with Crippen LogP contribution in [0.15, 0.2) is 48.3 Å². The normalized spacial score (nSPS) is 19.4. The van der Waals surface area contributed by atoms with E-state index in [0.29, 0.717) is 11.3 Å². The van der Waals surface area contributed by atoms with Gasteiger partial charge in [0.1, 0.15) is 22.9 Å². The minimum atomic E-state index is -2.98. The van der Waals surface area contributed by atoms with E-state index >= 15 is 0 Å². The molecule has 0 radical (unpaired) electrons. The van der Waals surface area contributed by atoms with E-state index < -0.39 is 5.92 Å². The molecule has 8 heteroatoms. The van der Waals surface area contributed by atoms with Gasteiger partial charge in [-0.3, -0.25) is 9.20 Å². The van der Waals surface area contributed by atoms with Crippen molar-refractivity contribution in [3.05, 3.63) is 54.0 Å². The van der Waals surface area contributed by atoms with Crippen LogP contribution < -0.4 is 10.2 Å². The quantitative estimate of drug-likeness (QED) is 0.458. The summed E-state index contributed by atoms with van der Waals surface area (Å²) in [6, 6.07) is 5.87. The standard InChI is InChI=1S/C25H35F2N5O/c1-7-30(5)20(15-17(2)3)24(33)28-18-11-13-19(14-12-18)31(6)23-10-8-9-22-29-21(16-32(22)23)25(4,26)27/h8-10,15-16,18-19H,2,7,11-14H2,1,3-6H3,(H,28,33)/b20-15-. The number of rotatable bonds is 8. The number of aromatic nitrogens is 2. The van der Waals surface area contributed by atoms with Gasteiger partial charge in [-0.05, 0) is 57.7 Å². The number of allylic oxidation sites excluding steroid dienone is 2. The molecule has 1 fully saturated rings. The van der Waals surface area contributed by atoms with Crippen LogP contribution in [0.2, 0.25) is 0 Å². The zero-order valence-corrected chi connectivity index (χ0v) is 20.2. The molecule has 2 aromatic heterocycles. The second kappa shape index (κ2) is 9.93.